The highest BCUT2D eigenvalue weighted by Gasteiger charge is 2.03. The van der Waals surface area contributed by atoms with Gasteiger partial charge in [0, 0.05) is 5.08 Å². The van der Waals surface area contributed by atoms with Gasteiger partial charge in [0.15, 0.2) is 0 Å². The zero-order valence-corrected chi connectivity index (χ0v) is 7.70. The Labute approximate surface area is 70.3 Å². The highest BCUT2D eigenvalue weighted by atomic mass is 32.2. The van der Waals surface area contributed by atoms with E-state index >= 15 is 0 Å². The molecule has 1 rings (SSSR count). The van der Waals surface area contributed by atoms with E-state index in [9.17, 15) is 0 Å². The summed E-state index contributed by atoms with van der Waals surface area (Å²) in [5.41, 5.74) is 0. The van der Waals surface area contributed by atoms with Gasteiger partial charge < -0.3 is 0 Å². The Balaban J connectivity index is 2.11. The maximum Gasteiger partial charge on any atom is 0.0478 e. The van der Waals surface area contributed by atoms with Crippen molar-refractivity contribution in [1.29, 1.82) is 0 Å². The molecule has 0 fully saturated rings. The van der Waals surface area contributed by atoms with Crippen LogP contribution in [0.2, 0.25) is 0 Å². The van der Waals surface area contributed by atoms with Gasteiger partial charge in [0.2, 0.25) is 0 Å². The van der Waals surface area contributed by atoms with Gasteiger partial charge in [-0.2, -0.15) is 12.6 Å². The Bertz CT molecular complexity index is 109. The summed E-state index contributed by atoms with van der Waals surface area (Å²) in [7, 11) is 0. The van der Waals surface area contributed by atoms with Crippen LogP contribution in [0.5, 0.6) is 0 Å². The lowest BCUT2D eigenvalue weighted by molar-refractivity contribution is 0.966. The number of rotatable bonds is 3. The molecule has 0 radical (unpaired) electrons. The predicted octanol–water partition coefficient (Wildman–Crippen LogP) is 2.98. The SMILES string of the molecule is SCCCC1=CSCS1. The minimum atomic E-state index is 1.02. The summed E-state index contributed by atoms with van der Waals surface area (Å²) in [5, 5.41) is 3.50. The van der Waals surface area contributed by atoms with Crippen LogP contribution in [0.4, 0.5) is 0 Å². The third-order valence-electron chi connectivity index (χ3n) is 1.11. The van der Waals surface area contributed by atoms with E-state index in [-0.39, 0.29) is 0 Å². The van der Waals surface area contributed by atoms with E-state index in [1.807, 2.05) is 23.5 Å². The Morgan fingerprint density at radius 3 is 3.11 bits per heavy atom. The molecule has 0 spiro atoms. The number of thioether (sulfide) groups is 2. The maximum absolute atomic E-state index is 4.15. The van der Waals surface area contributed by atoms with Gasteiger partial charge in [-0.3, -0.25) is 0 Å². The largest absolute Gasteiger partial charge is 0.179 e. The lowest BCUT2D eigenvalue weighted by atomic mass is 10.3. The third kappa shape index (κ3) is 2.92. The van der Waals surface area contributed by atoms with Crippen molar-refractivity contribution < 1.29 is 0 Å². The van der Waals surface area contributed by atoms with Crippen LogP contribution in [-0.2, 0) is 0 Å². The first-order valence-corrected chi connectivity index (χ1v) is 5.64. The van der Waals surface area contributed by atoms with Crippen molar-refractivity contribution in [3.05, 3.63) is 10.3 Å². The fraction of sp³-hybridized carbons (Fsp3) is 0.667. The molecular formula is C6H10S3. The zero-order chi connectivity index (χ0) is 6.53. The molecule has 0 aromatic carbocycles. The molecule has 52 valence electrons. The first-order chi connectivity index (χ1) is 4.43. The zero-order valence-electron chi connectivity index (χ0n) is 5.17. The highest BCUT2D eigenvalue weighted by molar-refractivity contribution is 8.22. The maximum atomic E-state index is 4.15. The average Bonchev–Trinajstić information content (AvgIpc) is 2.34. The van der Waals surface area contributed by atoms with Gasteiger partial charge in [-0.25, -0.2) is 0 Å². The van der Waals surface area contributed by atoms with Crippen molar-refractivity contribution in [2.45, 2.75) is 12.8 Å². The van der Waals surface area contributed by atoms with Gasteiger partial charge in [0.25, 0.3) is 0 Å². The van der Waals surface area contributed by atoms with Crippen molar-refractivity contribution in [2.24, 2.45) is 0 Å². The van der Waals surface area contributed by atoms with Gasteiger partial charge in [-0.05, 0) is 28.9 Å². The van der Waals surface area contributed by atoms with Gasteiger partial charge in [0.1, 0.15) is 0 Å². The second-order valence-corrected chi connectivity index (χ2v) is 4.61. The first kappa shape index (κ1) is 7.89. The number of hydrogen-bond donors (Lipinski definition) is 1. The summed E-state index contributed by atoms with van der Waals surface area (Å²) >= 11 is 8.03. The lowest BCUT2D eigenvalue weighted by Gasteiger charge is -1.95. The topological polar surface area (TPSA) is 0 Å². The lowest BCUT2D eigenvalue weighted by Crippen LogP contribution is -1.76. The second-order valence-electron chi connectivity index (χ2n) is 1.84. The van der Waals surface area contributed by atoms with Crippen molar-refractivity contribution in [3.63, 3.8) is 0 Å². The van der Waals surface area contributed by atoms with Crippen LogP contribution in [0.25, 0.3) is 0 Å². The third-order valence-corrected chi connectivity index (χ3v) is 3.73. The van der Waals surface area contributed by atoms with E-state index in [1.165, 1.54) is 17.9 Å². The normalized spacial score (nSPS) is 18.1. The van der Waals surface area contributed by atoms with Crippen LogP contribution >= 0.6 is 36.2 Å². The van der Waals surface area contributed by atoms with Crippen molar-refractivity contribution in [2.75, 3.05) is 10.8 Å². The molecule has 0 amide bonds. The van der Waals surface area contributed by atoms with Gasteiger partial charge in [-0.15, -0.1) is 23.5 Å². The van der Waals surface area contributed by atoms with Crippen molar-refractivity contribution in [1.82, 2.24) is 0 Å². The molecule has 9 heavy (non-hydrogen) atoms. The number of thiol groups is 1. The molecule has 0 nitrogen and oxygen atoms in total. The summed E-state index contributed by atoms with van der Waals surface area (Å²) < 4.78 is 0. The van der Waals surface area contributed by atoms with Crippen LogP contribution in [0.1, 0.15) is 12.8 Å². The van der Waals surface area contributed by atoms with Gasteiger partial charge >= 0.3 is 0 Å². The second kappa shape index (κ2) is 4.58. The molecular weight excluding hydrogens is 168 g/mol. The Morgan fingerprint density at radius 1 is 1.67 bits per heavy atom. The van der Waals surface area contributed by atoms with E-state index in [1.54, 1.807) is 4.91 Å². The number of allylic oxidation sites excluding steroid dienone is 1. The molecule has 0 bridgehead atoms. The molecule has 1 aliphatic rings. The Morgan fingerprint density at radius 2 is 2.56 bits per heavy atom. The van der Waals surface area contributed by atoms with Gasteiger partial charge in [0.05, 0.1) is 0 Å². The molecule has 0 aliphatic carbocycles. The summed E-state index contributed by atoms with van der Waals surface area (Å²) in [6, 6.07) is 0. The quantitative estimate of drug-likeness (QED) is 0.660. The molecule has 0 N–H and O–H groups in total. The van der Waals surface area contributed by atoms with E-state index < -0.39 is 0 Å². The van der Waals surface area contributed by atoms with Crippen LogP contribution < -0.4 is 0 Å². The first-order valence-electron chi connectivity index (χ1n) is 2.98. The fourth-order valence-corrected chi connectivity index (χ4v) is 3.03. The van der Waals surface area contributed by atoms with E-state index in [0.717, 1.165) is 5.75 Å². The van der Waals surface area contributed by atoms with E-state index in [4.69, 9.17) is 0 Å². The smallest absolute Gasteiger partial charge is 0.0478 e. The van der Waals surface area contributed by atoms with Crippen LogP contribution in [0, 0.1) is 0 Å². The molecule has 0 saturated heterocycles. The molecule has 0 atom stereocenters. The fourth-order valence-electron chi connectivity index (χ4n) is 0.655. The predicted molar refractivity (Wildman–Crippen MR) is 51.2 cm³/mol. The van der Waals surface area contributed by atoms with E-state index in [2.05, 4.69) is 18.0 Å². The molecule has 1 heterocycles. The monoisotopic (exact) mass is 178 g/mol. The van der Waals surface area contributed by atoms with Crippen LogP contribution in [0.3, 0.4) is 0 Å². The molecule has 0 unspecified atom stereocenters. The van der Waals surface area contributed by atoms with Crippen molar-refractivity contribution >= 4 is 36.2 Å². The molecule has 3 heteroatoms. The summed E-state index contributed by atoms with van der Waals surface area (Å²) in [6.07, 6.45) is 2.46. The molecule has 1 aliphatic heterocycles. The number of hydrogen-bond acceptors (Lipinski definition) is 3. The van der Waals surface area contributed by atoms with Crippen LogP contribution in [0.15, 0.2) is 10.3 Å². The molecule has 0 aromatic rings. The van der Waals surface area contributed by atoms with Crippen LogP contribution in [-0.4, -0.2) is 10.8 Å². The minimum absolute atomic E-state index is 1.02. The van der Waals surface area contributed by atoms with E-state index in [0.29, 0.717) is 0 Å². The van der Waals surface area contributed by atoms with Gasteiger partial charge in [-0.1, -0.05) is 0 Å². The van der Waals surface area contributed by atoms with Crippen molar-refractivity contribution in [3.8, 4) is 0 Å². The standard InChI is InChI=1S/C6H10S3/c7-3-1-2-6-4-8-5-9-6/h4,7H,1-3,5H2. The average molecular weight is 178 g/mol. The summed E-state index contributed by atoms with van der Waals surface area (Å²) in [5.74, 6) is 1.02. The molecule has 0 aromatic heterocycles. The Kier molecular flexibility index (Phi) is 4.02. The minimum Gasteiger partial charge on any atom is -0.179 e. The summed E-state index contributed by atoms with van der Waals surface area (Å²) in [6.45, 7) is 0. The molecule has 0 saturated carbocycles. The summed E-state index contributed by atoms with van der Waals surface area (Å²) in [4.78, 5) is 1.55. The Hall–Kier alpha value is 0.790. The highest BCUT2D eigenvalue weighted by Crippen LogP contribution is 2.34.